The summed E-state index contributed by atoms with van der Waals surface area (Å²) in [6.45, 7) is 1.00. The third-order valence-electron chi connectivity index (χ3n) is 4.80. The Balaban J connectivity index is 1.66. The molecule has 1 aromatic rings. The minimum atomic E-state index is -1.08. The Kier molecular flexibility index (Phi) is 4.92. The molecule has 1 aliphatic carbocycles. The highest BCUT2D eigenvalue weighted by molar-refractivity contribution is 5.91. The molecular weight excluding hydrogens is 310 g/mol. The zero-order valence-electron chi connectivity index (χ0n) is 13.6. The van der Waals surface area contributed by atoms with Crippen LogP contribution in [0, 0.1) is 5.41 Å². The van der Waals surface area contributed by atoms with Gasteiger partial charge >= 0.3 is 0 Å². The zero-order valence-corrected chi connectivity index (χ0v) is 13.6. The smallest absolute Gasteiger partial charge is 0.224 e. The van der Waals surface area contributed by atoms with E-state index in [9.17, 15) is 14.7 Å². The number of carboxylic acid groups (broad SMARTS) is 1. The predicted molar refractivity (Wildman–Crippen MR) is 85.8 cm³/mol. The van der Waals surface area contributed by atoms with Crippen molar-refractivity contribution in [1.29, 1.82) is 0 Å². The number of carboxylic acids is 1. The molecule has 0 bridgehead atoms. The lowest BCUT2D eigenvalue weighted by atomic mass is 9.69. The van der Waals surface area contributed by atoms with Gasteiger partial charge in [0.15, 0.2) is 11.5 Å². The molecule has 130 valence electrons. The molecule has 0 saturated heterocycles. The van der Waals surface area contributed by atoms with E-state index in [1.54, 1.807) is 18.2 Å². The van der Waals surface area contributed by atoms with Crippen LogP contribution < -0.4 is 19.9 Å². The number of fused-ring (bicyclic) bond motifs is 1. The summed E-state index contributed by atoms with van der Waals surface area (Å²) in [5.74, 6) is 0.0278. The van der Waals surface area contributed by atoms with Crippen molar-refractivity contribution in [2.24, 2.45) is 5.41 Å². The van der Waals surface area contributed by atoms with Crippen molar-refractivity contribution >= 4 is 17.6 Å². The number of benzene rings is 1. The molecule has 3 rings (SSSR count). The maximum atomic E-state index is 12.4. The first-order valence-corrected chi connectivity index (χ1v) is 8.46. The number of ether oxygens (including phenoxy) is 2. The number of anilines is 1. The van der Waals surface area contributed by atoms with Crippen molar-refractivity contribution in [3.8, 4) is 11.5 Å². The maximum Gasteiger partial charge on any atom is 0.224 e. The highest BCUT2D eigenvalue weighted by atomic mass is 16.6. The summed E-state index contributed by atoms with van der Waals surface area (Å²) >= 11 is 0. The molecule has 2 aliphatic rings. The molecule has 6 nitrogen and oxygen atoms in total. The third kappa shape index (κ3) is 3.99. The van der Waals surface area contributed by atoms with Crippen LogP contribution in [0.4, 0.5) is 5.69 Å². The molecule has 1 aromatic carbocycles. The van der Waals surface area contributed by atoms with E-state index < -0.39 is 11.4 Å². The molecule has 1 aliphatic heterocycles. The van der Waals surface area contributed by atoms with Crippen molar-refractivity contribution in [2.75, 3.05) is 18.5 Å². The van der Waals surface area contributed by atoms with Crippen LogP contribution >= 0.6 is 0 Å². The van der Waals surface area contributed by atoms with Gasteiger partial charge in [0, 0.05) is 24.1 Å². The van der Waals surface area contributed by atoms with Crippen LogP contribution in [0.15, 0.2) is 18.2 Å². The average Bonchev–Trinajstić information content (AvgIpc) is 2.54. The van der Waals surface area contributed by atoms with Gasteiger partial charge in [-0.2, -0.15) is 0 Å². The summed E-state index contributed by atoms with van der Waals surface area (Å²) in [5, 5.41) is 13.9. The van der Waals surface area contributed by atoms with Crippen LogP contribution in [0.1, 0.15) is 44.9 Å². The molecule has 1 heterocycles. The van der Waals surface area contributed by atoms with E-state index in [-0.39, 0.29) is 18.7 Å². The van der Waals surface area contributed by atoms with Gasteiger partial charge in [0.2, 0.25) is 5.91 Å². The number of rotatable bonds is 5. The molecular formula is C18H22NO5-. The van der Waals surface area contributed by atoms with Crippen LogP contribution in [0.2, 0.25) is 0 Å². The van der Waals surface area contributed by atoms with Gasteiger partial charge in [-0.15, -0.1) is 0 Å². The Labute approximate surface area is 141 Å². The third-order valence-corrected chi connectivity index (χ3v) is 4.80. The second-order valence-electron chi connectivity index (χ2n) is 6.69. The van der Waals surface area contributed by atoms with Gasteiger partial charge in [0.25, 0.3) is 0 Å². The first-order chi connectivity index (χ1) is 11.6. The molecule has 0 unspecified atom stereocenters. The quantitative estimate of drug-likeness (QED) is 0.889. The van der Waals surface area contributed by atoms with Crippen LogP contribution in [-0.4, -0.2) is 25.1 Å². The van der Waals surface area contributed by atoms with Gasteiger partial charge in [-0.1, -0.05) is 19.3 Å². The van der Waals surface area contributed by atoms with E-state index in [2.05, 4.69) is 5.32 Å². The van der Waals surface area contributed by atoms with E-state index in [1.165, 1.54) is 0 Å². The number of aliphatic carboxylic acids is 1. The summed E-state index contributed by atoms with van der Waals surface area (Å²) < 4.78 is 11.0. The highest BCUT2D eigenvalue weighted by Gasteiger charge is 2.34. The molecule has 1 N–H and O–H groups in total. The van der Waals surface area contributed by atoms with Crippen molar-refractivity contribution in [2.45, 2.75) is 44.9 Å². The topological polar surface area (TPSA) is 87.7 Å². The minimum Gasteiger partial charge on any atom is -0.550 e. The molecule has 1 fully saturated rings. The normalized spacial score (nSPS) is 18.7. The second kappa shape index (κ2) is 7.11. The molecule has 0 spiro atoms. The second-order valence-corrected chi connectivity index (χ2v) is 6.69. The van der Waals surface area contributed by atoms with E-state index in [0.29, 0.717) is 30.4 Å². The van der Waals surface area contributed by atoms with Gasteiger partial charge < -0.3 is 24.7 Å². The van der Waals surface area contributed by atoms with Gasteiger partial charge in [-0.25, -0.2) is 0 Å². The lowest BCUT2D eigenvalue weighted by Crippen LogP contribution is -2.36. The highest BCUT2D eigenvalue weighted by Crippen LogP contribution is 2.42. The van der Waals surface area contributed by atoms with Crippen LogP contribution in [0.25, 0.3) is 0 Å². The van der Waals surface area contributed by atoms with Gasteiger partial charge in [0.1, 0.15) is 13.2 Å². The fourth-order valence-corrected chi connectivity index (χ4v) is 3.69. The summed E-state index contributed by atoms with van der Waals surface area (Å²) in [5.41, 5.74) is 0.151. The van der Waals surface area contributed by atoms with E-state index in [0.717, 1.165) is 32.1 Å². The van der Waals surface area contributed by atoms with Crippen molar-refractivity contribution in [1.82, 2.24) is 0 Å². The summed E-state index contributed by atoms with van der Waals surface area (Å²) in [6.07, 6.45) is 4.69. The number of carbonyl (C=O) groups is 2. The van der Waals surface area contributed by atoms with Crippen LogP contribution in [0.5, 0.6) is 11.5 Å². The maximum absolute atomic E-state index is 12.4. The largest absolute Gasteiger partial charge is 0.550 e. The average molecular weight is 332 g/mol. The van der Waals surface area contributed by atoms with Crippen LogP contribution in [0.3, 0.4) is 0 Å². The van der Waals surface area contributed by atoms with Crippen molar-refractivity contribution in [3.05, 3.63) is 18.2 Å². The monoisotopic (exact) mass is 332 g/mol. The fraction of sp³-hybridized carbons (Fsp3) is 0.556. The first-order valence-electron chi connectivity index (χ1n) is 8.46. The van der Waals surface area contributed by atoms with E-state index in [4.69, 9.17) is 9.47 Å². The Morgan fingerprint density at radius 2 is 1.75 bits per heavy atom. The standard InChI is InChI=1S/C18H23NO5/c20-16(11-18(12-17(21)22)6-2-1-3-7-18)19-13-4-5-14-15(10-13)24-9-8-23-14/h4-5,10H,1-3,6-9,11-12H2,(H,19,20)(H,21,22)/p-1. The zero-order chi connectivity index (χ0) is 17.0. The van der Waals surface area contributed by atoms with Gasteiger partial charge in [-0.05, 0) is 36.8 Å². The van der Waals surface area contributed by atoms with Crippen molar-refractivity contribution < 1.29 is 24.2 Å². The van der Waals surface area contributed by atoms with E-state index >= 15 is 0 Å². The fourth-order valence-electron chi connectivity index (χ4n) is 3.69. The molecule has 0 atom stereocenters. The van der Waals surface area contributed by atoms with Crippen molar-refractivity contribution in [3.63, 3.8) is 0 Å². The predicted octanol–water partition coefficient (Wildman–Crippen LogP) is 1.88. The number of hydrogen-bond acceptors (Lipinski definition) is 5. The first kappa shape index (κ1) is 16.6. The number of amides is 1. The number of carbonyl (C=O) groups excluding carboxylic acids is 2. The summed E-state index contributed by atoms with van der Waals surface area (Å²) in [7, 11) is 0. The number of nitrogens with one attached hydrogen (secondary N) is 1. The Morgan fingerprint density at radius 3 is 2.46 bits per heavy atom. The van der Waals surface area contributed by atoms with Crippen LogP contribution in [-0.2, 0) is 9.59 Å². The van der Waals surface area contributed by atoms with Gasteiger partial charge in [0.05, 0.1) is 0 Å². The lowest BCUT2D eigenvalue weighted by Gasteiger charge is -2.37. The molecule has 1 amide bonds. The minimum absolute atomic E-state index is 0.0540. The summed E-state index contributed by atoms with van der Waals surface area (Å²) in [4.78, 5) is 23.5. The molecule has 1 saturated carbocycles. The van der Waals surface area contributed by atoms with E-state index in [1.807, 2.05) is 0 Å². The molecule has 0 radical (unpaired) electrons. The summed E-state index contributed by atoms with van der Waals surface area (Å²) in [6, 6.07) is 5.26. The number of hydrogen-bond donors (Lipinski definition) is 1. The molecule has 24 heavy (non-hydrogen) atoms. The molecule has 0 aromatic heterocycles. The van der Waals surface area contributed by atoms with Gasteiger partial charge in [-0.3, -0.25) is 4.79 Å². The molecule has 6 heteroatoms. The Bertz CT molecular complexity index is 622. The lowest BCUT2D eigenvalue weighted by molar-refractivity contribution is -0.308. The Hall–Kier alpha value is -2.24. The SMILES string of the molecule is O=C([O-])CC1(CC(=O)Nc2ccc3c(c2)OCCO3)CCCCC1. The Morgan fingerprint density at radius 1 is 1.04 bits per heavy atom.